The van der Waals surface area contributed by atoms with E-state index < -0.39 is 0 Å². The van der Waals surface area contributed by atoms with Gasteiger partial charge in [0.05, 0.1) is 12.3 Å². The normalized spacial score (nSPS) is 20.2. The number of hydrogen-bond acceptors (Lipinski definition) is 4. The van der Waals surface area contributed by atoms with E-state index >= 15 is 0 Å². The van der Waals surface area contributed by atoms with E-state index in [1.807, 2.05) is 30.3 Å². The molecule has 0 spiro atoms. The first-order valence-corrected chi connectivity index (χ1v) is 6.59. The van der Waals surface area contributed by atoms with Crippen LogP contribution in [0.1, 0.15) is 24.8 Å². The van der Waals surface area contributed by atoms with Crippen LogP contribution < -0.4 is 5.73 Å². The molecule has 2 rings (SSSR count). The molecule has 1 saturated heterocycles. The molecule has 1 fully saturated rings. The molecule has 1 atom stereocenters. The Kier molecular flexibility index (Phi) is 5.12. The van der Waals surface area contributed by atoms with Crippen molar-refractivity contribution in [2.75, 3.05) is 13.2 Å². The number of hydrogen-bond donors (Lipinski definition) is 2. The highest BCUT2D eigenvalue weighted by Gasteiger charge is 2.14. The number of rotatable bonds is 5. The van der Waals surface area contributed by atoms with Gasteiger partial charge in [0, 0.05) is 12.3 Å². The SMILES string of the molecule is N=C(C=C(N)c1ccccc1)COC1CCCCO1. The maximum atomic E-state index is 7.85. The van der Waals surface area contributed by atoms with Gasteiger partial charge in [-0.2, -0.15) is 0 Å². The minimum absolute atomic E-state index is 0.166. The van der Waals surface area contributed by atoms with Crippen LogP contribution in [0.2, 0.25) is 0 Å². The monoisotopic (exact) mass is 260 g/mol. The molecule has 102 valence electrons. The molecule has 1 aliphatic rings. The van der Waals surface area contributed by atoms with Gasteiger partial charge in [0.15, 0.2) is 6.29 Å². The highest BCUT2D eigenvalue weighted by atomic mass is 16.7. The van der Waals surface area contributed by atoms with Crippen LogP contribution in [0.25, 0.3) is 5.70 Å². The minimum atomic E-state index is -0.166. The Morgan fingerprint density at radius 1 is 1.37 bits per heavy atom. The first-order valence-electron chi connectivity index (χ1n) is 6.59. The quantitative estimate of drug-likeness (QED) is 0.799. The van der Waals surface area contributed by atoms with Crippen molar-refractivity contribution in [2.24, 2.45) is 5.73 Å². The lowest BCUT2D eigenvalue weighted by molar-refractivity contribution is -0.152. The van der Waals surface area contributed by atoms with Gasteiger partial charge in [-0.1, -0.05) is 30.3 Å². The Morgan fingerprint density at radius 3 is 2.84 bits per heavy atom. The summed E-state index contributed by atoms with van der Waals surface area (Å²) < 4.78 is 11.0. The first-order chi connectivity index (χ1) is 9.25. The Bertz CT molecular complexity index is 437. The standard InChI is InChI=1S/C15H20N2O2/c16-13(11-19-15-8-4-5-9-18-15)10-14(17)12-6-2-1-3-7-12/h1-3,6-7,10,15-16H,4-5,8-9,11,17H2. The van der Waals surface area contributed by atoms with Crippen LogP contribution in [0.4, 0.5) is 0 Å². The van der Waals surface area contributed by atoms with Crippen molar-refractivity contribution in [3.05, 3.63) is 42.0 Å². The minimum Gasteiger partial charge on any atom is -0.398 e. The van der Waals surface area contributed by atoms with Gasteiger partial charge < -0.3 is 20.6 Å². The molecule has 0 saturated carbocycles. The second-order valence-electron chi connectivity index (χ2n) is 4.60. The molecular weight excluding hydrogens is 240 g/mol. The van der Waals surface area contributed by atoms with E-state index in [0.717, 1.165) is 31.4 Å². The average molecular weight is 260 g/mol. The molecular formula is C15H20N2O2. The highest BCUT2D eigenvalue weighted by Crippen LogP contribution is 2.14. The largest absolute Gasteiger partial charge is 0.398 e. The molecule has 4 nitrogen and oxygen atoms in total. The molecule has 0 radical (unpaired) electrons. The second kappa shape index (κ2) is 7.07. The molecule has 1 aliphatic heterocycles. The maximum Gasteiger partial charge on any atom is 0.158 e. The van der Waals surface area contributed by atoms with E-state index in [9.17, 15) is 0 Å². The number of benzene rings is 1. The molecule has 0 aromatic heterocycles. The van der Waals surface area contributed by atoms with Crippen LogP contribution in [0.3, 0.4) is 0 Å². The fourth-order valence-electron chi connectivity index (χ4n) is 1.97. The van der Waals surface area contributed by atoms with Gasteiger partial charge in [0.25, 0.3) is 0 Å². The Labute approximate surface area is 113 Å². The molecule has 4 heteroatoms. The lowest BCUT2D eigenvalue weighted by atomic mass is 10.1. The van der Waals surface area contributed by atoms with Crippen molar-refractivity contribution in [3.8, 4) is 0 Å². The molecule has 0 aliphatic carbocycles. The molecule has 1 aromatic carbocycles. The third-order valence-electron chi connectivity index (χ3n) is 3.00. The van der Waals surface area contributed by atoms with Crippen molar-refractivity contribution < 1.29 is 9.47 Å². The predicted octanol–water partition coefficient (Wildman–Crippen LogP) is 2.55. The summed E-state index contributed by atoms with van der Waals surface area (Å²) in [6.07, 6.45) is 4.60. The fraction of sp³-hybridized carbons (Fsp3) is 0.400. The van der Waals surface area contributed by atoms with E-state index in [1.54, 1.807) is 6.08 Å². The van der Waals surface area contributed by atoms with Gasteiger partial charge in [-0.05, 0) is 30.9 Å². The van der Waals surface area contributed by atoms with Crippen LogP contribution in [0, 0.1) is 5.41 Å². The molecule has 1 aromatic rings. The number of nitrogens with two attached hydrogens (primary N) is 1. The lowest BCUT2D eigenvalue weighted by Gasteiger charge is -2.22. The highest BCUT2D eigenvalue weighted by molar-refractivity contribution is 5.99. The van der Waals surface area contributed by atoms with Gasteiger partial charge in [0.1, 0.15) is 0 Å². The van der Waals surface area contributed by atoms with Gasteiger partial charge >= 0.3 is 0 Å². The predicted molar refractivity (Wildman–Crippen MR) is 75.9 cm³/mol. The molecule has 0 bridgehead atoms. The van der Waals surface area contributed by atoms with E-state index in [2.05, 4.69) is 0 Å². The van der Waals surface area contributed by atoms with Crippen LogP contribution in [-0.4, -0.2) is 25.2 Å². The van der Waals surface area contributed by atoms with Crippen molar-refractivity contribution in [1.82, 2.24) is 0 Å². The summed E-state index contributed by atoms with van der Waals surface area (Å²) in [4.78, 5) is 0. The Morgan fingerprint density at radius 2 is 2.16 bits per heavy atom. The Balaban J connectivity index is 1.83. The molecule has 1 heterocycles. The molecule has 0 amide bonds. The smallest absolute Gasteiger partial charge is 0.158 e. The molecule has 19 heavy (non-hydrogen) atoms. The molecule has 1 unspecified atom stereocenters. The fourth-order valence-corrected chi connectivity index (χ4v) is 1.97. The average Bonchev–Trinajstić information content (AvgIpc) is 2.47. The van der Waals surface area contributed by atoms with E-state index in [4.69, 9.17) is 20.6 Å². The van der Waals surface area contributed by atoms with Crippen LogP contribution in [0.15, 0.2) is 36.4 Å². The second-order valence-corrected chi connectivity index (χ2v) is 4.60. The summed E-state index contributed by atoms with van der Waals surface area (Å²) in [6, 6.07) is 9.62. The van der Waals surface area contributed by atoms with Crippen molar-refractivity contribution >= 4 is 11.4 Å². The third kappa shape index (κ3) is 4.50. The number of nitrogens with one attached hydrogen (secondary N) is 1. The summed E-state index contributed by atoms with van der Waals surface area (Å²) in [6.45, 7) is 0.984. The van der Waals surface area contributed by atoms with Crippen LogP contribution >= 0.6 is 0 Å². The van der Waals surface area contributed by atoms with Crippen molar-refractivity contribution in [3.63, 3.8) is 0 Å². The maximum absolute atomic E-state index is 7.85. The lowest BCUT2D eigenvalue weighted by Crippen LogP contribution is -2.24. The van der Waals surface area contributed by atoms with Gasteiger partial charge in [0.2, 0.25) is 0 Å². The Hall–Kier alpha value is -1.65. The molecule has 3 N–H and O–H groups in total. The van der Waals surface area contributed by atoms with Gasteiger partial charge in [-0.15, -0.1) is 0 Å². The number of ether oxygens (including phenoxy) is 2. The van der Waals surface area contributed by atoms with E-state index in [-0.39, 0.29) is 12.9 Å². The summed E-state index contributed by atoms with van der Waals surface area (Å²) in [7, 11) is 0. The summed E-state index contributed by atoms with van der Waals surface area (Å²) in [5.41, 5.74) is 7.80. The van der Waals surface area contributed by atoms with Crippen molar-refractivity contribution in [2.45, 2.75) is 25.6 Å². The van der Waals surface area contributed by atoms with Gasteiger partial charge in [-0.25, -0.2) is 0 Å². The zero-order chi connectivity index (χ0) is 13.5. The third-order valence-corrected chi connectivity index (χ3v) is 3.00. The summed E-state index contributed by atoms with van der Waals surface area (Å²) in [5.74, 6) is 0. The van der Waals surface area contributed by atoms with Crippen molar-refractivity contribution in [1.29, 1.82) is 5.41 Å². The van der Waals surface area contributed by atoms with E-state index in [1.165, 1.54) is 0 Å². The van der Waals surface area contributed by atoms with Crippen LogP contribution in [-0.2, 0) is 9.47 Å². The topological polar surface area (TPSA) is 68.3 Å². The summed E-state index contributed by atoms with van der Waals surface area (Å²) >= 11 is 0. The zero-order valence-corrected chi connectivity index (χ0v) is 11.0. The van der Waals surface area contributed by atoms with Gasteiger partial charge in [-0.3, -0.25) is 0 Å². The summed E-state index contributed by atoms with van der Waals surface area (Å²) in [5, 5.41) is 7.85. The van der Waals surface area contributed by atoms with Crippen LogP contribution in [0.5, 0.6) is 0 Å². The first kappa shape index (κ1) is 13.8. The van der Waals surface area contributed by atoms with E-state index in [0.29, 0.717) is 11.4 Å². The zero-order valence-electron chi connectivity index (χ0n) is 11.0.